The fourth-order valence-electron chi connectivity index (χ4n) is 1.11. The van der Waals surface area contributed by atoms with E-state index < -0.39 is 11.5 Å². The molecule has 16 heavy (non-hydrogen) atoms. The summed E-state index contributed by atoms with van der Waals surface area (Å²) in [4.78, 5) is 15.3. The third-order valence-electron chi connectivity index (χ3n) is 2.59. The van der Waals surface area contributed by atoms with Crippen molar-refractivity contribution in [3.63, 3.8) is 0 Å². The van der Waals surface area contributed by atoms with Crippen LogP contribution in [0.4, 0.5) is 10.1 Å². The quantitative estimate of drug-likeness (QED) is 0.798. The van der Waals surface area contributed by atoms with Crippen LogP contribution in [-0.4, -0.2) is 23.6 Å². The van der Waals surface area contributed by atoms with Crippen LogP contribution in [0.25, 0.3) is 0 Å². The van der Waals surface area contributed by atoms with Crippen LogP contribution in [0, 0.1) is 5.95 Å². The van der Waals surface area contributed by atoms with Crippen molar-refractivity contribution in [2.75, 3.05) is 12.4 Å². The Morgan fingerprint density at radius 3 is 2.75 bits per heavy atom. The van der Waals surface area contributed by atoms with E-state index in [2.05, 4.69) is 10.3 Å². The van der Waals surface area contributed by atoms with Gasteiger partial charge >= 0.3 is 0 Å². The van der Waals surface area contributed by atoms with Crippen LogP contribution < -0.4 is 5.32 Å². The first-order valence-corrected chi connectivity index (χ1v) is 5.00. The van der Waals surface area contributed by atoms with Crippen molar-refractivity contribution < 1.29 is 13.9 Å². The fourth-order valence-corrected chi connectivity index (χ4v) is 1.11. The average Bonchev–Trinajstić information content (AvgIpc) is 2.31. The molecule has 1 heterocycles. The van der Waals surface area contributed by atoms with E-state index >= 15 is 0 Å². The van der Waals surface area contributed by atoms with E-state index in [1.54, 1.807) is 6.92 Å². The van der Waals surface area contributed by atoms with Crippen LogP contribution >= 0.6 is 0 Å². The number of aromatic nitrogens is 1. The van der Waals surface area contributed by atoms with Gasteiger partial charge in [0.1, 0.15) is 5.60 Å². The molecule has 0 spiro atoms. The normalized spacial score (nSPS) is 14.2. The fraction of sp³-hybridized carbons (Fsp3) is 0.455. The maximum Gasteiger partial charge on any atom is 0.256 e. The first-order valence-electron chi connectivity index (χ1n) is 5.00. The Morgan fingerprint density at radius 2 is 2.31 bits per heavy atom. The van der Waals surface area contributed by atoms with Crippen molar-refractivity contribution in [2.45, 2.75) is 25.9 Å². The lowest BCUT2D eigenvalue weighted by Crippen LogP contribution is -2.41. The van der Waals surface area contributed by atoms with Gasteiger partial charge in [0.15, 0.2) is 0 Å². The zero-order valence-electron chi connectivity index (χ0n) is 9.58. The minimum absolute atomic E-state index is 0.272. The smallest absolute Gasteiger partial charge is 0.256 e. The molecule has 1 atom stereocenters. The predicted molar refractivity (Wildman–Crippen MR) is 58.5 cm³/mol. The minimum Gasteiger partial charge on any atom is -0.369 e. The van der Waals surface area contributed by atoms with Gasteiger partial charge in [0.25, 0.3) is 5.91 Å². The molecule has 0 aliphatic carbocycles. The number of amides is 1. The zero-order chi connectivity index (χ0) is 12.2. The van der Waals surface area contributed by atoms with E-state index in [1.165, 1.54) is 25.4 Å². The highest BCUT2D eigenvalue weighted by Crippen LogP contribution is 2.17. The number of hydrogen-bond acceptors (Lipinski definition) is 3. The summed E-state index contributed by atoms with van der Waals surface area (Å²) in [7, 11) is 1.48. The number of methoxy groups -OCH3 is 1. The number of pyridine rings is 1. The number of nitrogens with one attached hydrogen (secondary N) is 1. The van der Waals surface area contributed by atoms with Crippen molar-refractivity contribution in [1.82, 2.24) is 4.98 Å². The highest BCUT2D eigenvalue weighted by Gasteiger charge is 2.30. The van der Waals surface area contributed by atoms with Crippen molar-refractivity contribution in [3.05, 3.63) is 24.3 Å². The molecule has 1 aromatic heterocycles. The van der Waals surface area contributed by atoms with Crippen molar-refractivity contribution in [3.8, 4) is 0 Å². The SMILES string of the molecule is CCC(C)(OC)C(=O)Nc1ccc(F)nc1. The van der Waals surface area contributed by atoms with Crippen molar-refractivity contribution in [1.29, 1.82) is 0 Å². The highest BCUT2D eigenvalue weighted by molar-refractivity contribution is 5.96. The second kappa shape index (κ2) is 5.03. The number of carbonyl (C=O) groups is 1. The van der Waals surface area contributed by atoms with E-state index in [-0.39, 0.29) is 5.91 Å². The molecule has 0 aromatic carbocycles. The molecule has 1 rings (SSSR count). The van der Waals surface area contributed by atoms with Gasteiger partial charge in [-0.2, -0.15) is 4.39 Å². The number of rotatable bonds is 4. The van der Waals surface area contributed by atoms with Crippen LogP contribution in [-0.2, 0) is 9.53 Å². The minimum atomic E-state index is -0.881. The summed E-state index contributed by atoms with van der Waals surface area (Å²) >= 11 is 0. The lowest BCUT2D eigenvalue weighted by atomic mass is 10.0. The van der Waals surface area contributed by atoms with E-state index in [0.717, 1.165) is 0 Å². The summed E-state index contributed by atoms with van der Waals surface area (Å²) in [5.74, 6) is -0.853. The van der Waals surface area contributed by atoms with Crippen LogP contribution in [0.5, 0.6) is 0 Å². The Morgan fingerprint density at radius 1 is 1.62 bits per heavy atom. The second-order valence-electron chi connectivity index (χ2n) is 3.61. The van der Waals surface area contributed by atoms with Gasteiger partial charge < -0.3 is 10.1 Å². The highest BCUT2D eigenvalue weighted by atomic mass is 19.1. The molecule has 1 aromatic rings. The van der Waals surface area contributed by atoms with Crippen LogP contribution in [0.1, 0.15) is 20.3 Å². The standard InChI is InChI=1S/C11H15FN2O2/c1-4-11(2,16-3)10(15)14-8-5-6-9(12)13-7-8/h5-7H,4H2,1-3H3,(H,14,15). The van der Waals surface area contributed by atoms with Crippen molar-refractivity contribution in [2.24, 2.45) is 0 Å². The molecule has 0 saturated carbocycles. The van der Waals surface area contributed by atoms with Gasteiger partial charge in [-0.25, -0.2) is 4.98 Å². The average molecular weight is 226 g/mol. The molecule has 88 valence electrons. The van der Waals surface area contributed by atoms with Gasteiger partial charge in [-0.1, -0.05) is 6.92 Å². The number of hydrogen-bond donors (Lipinski definition) is 1. The summed E-state index contributed by atoms with van der Waals surface area (Å²) in [5, 5.41) is 2.62. The molecule has 1 N–H and O–H groups in total. The summed E-state index contributed by atoms with van der Waals surface area (Å²) in [6, 6.07) is 2.64. The number of ether oxygens (including phenoxy) is 1. The van der Waals surface area contributed by atoms with Crippen LogP contribution in [0.2, 0.25) is 0 Å². The third-order valence-corrected chi connectivity index (χ3v) is 2.59. The first-order chi connectivity index (χ1) is 7.51. The Balaban J connectivity index is 2.74. The van der Waals surface area contributed by atoms with Crippen LogP contribution in [0.3, 0.4) is 0 Å². The Kier molecular flexibility index (Phi) is 3.95. The van der Waals surface area contributed by atoms with E-state index in [1.807, 2.05) is 6.92 Å². The topological polar surface area (TPSA) is 51.2 Å². The molecule has 0 bridgehead atoms. The molecule has 0 aliphatic rings. The molecule has 0 fully saturated rings. The lowest BCUT2D eigenvalue weighted by Gasteiger charge is -2.25. The van der Waals surface area contributed by atoms with E-state index in [9.17, 15) is 9.18 Å². The largest absolute Gasteiger partial charge is 0.369 e. The molecule has 4 nitrogen and oxygen atoms in total. The summed E-state index contributed by atoms with van der Waals surface area (Å²) in [5.41, 5.74) is -0.433. The molecule has 1 unspecified atom stereocenters. The third kappa shape index (κ3) is 2.76. The van der Waals surface area contributed by atoms with Gasteiger partial charge in [0.05, 0.1) is 11.9 Å². The Hall–Kier alpha value is -1.49. The Bertz CT molecular complexity index is 361. The molecular formula is C11H15FN2O2. The number of halogens is 1. The van der Waals surface area contributed by atoms with E-state index in [0.29, 0.717) is 12.1 Å². The zero-order valence-corrected chi connectivity index (χ0v) is 9.58. The lowest BCUT2D eigenvalue weighted by molar-refractivity contribution is -0.136. The van der Waals surface area contributed by atoms with Gasteiger partial charge in [-0.05, 0) is 25.5 Å². The number of nitrogens with zero attached hydrogens (tertiary/aromatic N) is 1. The maximum absolute atomic E-state index is 12.5. The number of anilines is 1. The van der Waals surface area contributed by atoms with Gasteiger partial charge in [-0.15, -0.1) is 0 Å². The molecule has 0 radical (unpaired) electrons. The maximum atomic E-state index is 12.5. The molecular weight excluding hydrogens is 211 g/mol. The molecule has 5 heteroatoms. The molecule has 1 amide bonds. The Labute approximate surface area is 93.8 Å². The first kappa shape index (κ1) is 12.6. The van der Waals surface area contributed by atoms with Crippen molar-refractivity contribution >= 4 is 11.6 Å². The summed E-state index contributed by atoms with van der Waals surface area (Å²) < 4.78 is 17.7. The predicted octanol–water partition coefficient (Wildman–Crippen LogP) is 1.97. The van der Waals surface area contributed by atoms with Crippen LogP contribution in [0.15, 0.2) is 18.3 Å². The molecule has 0 saturated heterocycles. The van der Waals surface area contributed by atoms with Gasteiger partial charge in [-0.3, -0.25) is 4.79 Å². The van der Waals surface area contributed by atoms with Gasteiger partial charge in [0, 0.05) is 7.11 Å². The van der Waals surface area contributed by atoms with E-state index in [4.69, 9.17) is 4.74 Å². The number of carbonyl (C=O) groups excluding carboxylic acids is 1. The monoisotopic (exact) mass is 226 g/mol. The summed E-state index contributed by atoms with van der Waals surface area (Å²) in [6.07, 6.45) is 1.81. The second-order valence-corrected chi connectivity index (χ2v) is 3.61. The molecule has 0 aliphatic heterocycles. The van der Waals surface area contributed by atoms with Gasteiger partial charge in [0.2, 0.25) is 5.95 Å². The summed E-state index contributed by atoms with van der Waals surface area (Å²) in [6.45, 7) is 3.55.